The first-order chi connectivity index (χ1) is 7.29. The molecule has 84 valence electrons. The molecule has 0 atom stereocenters. The first-order valence-corrected chi connectivity index (χ1v) is 5.22. The average Bonchev–Trinajstić information content (AvgIpc) is 2.24. The number of rotatable bonds is 6. The van der Waals surface area contributed by atoms with E-state index >= 15 is 0 Å². The summed E-state index contributed by atoms with van der Waals surface area (Å²) >= 11 is 0. The highest BCUT2D eigenvalue weighted by Gasteiger charge is 2.02. The van der Waals surface area contributed by atoms with Crippen LogP contribution < -0.4 is 10.3 Å². The zero-order chi connectivity index (χ0) is 11.1. The summed E-state index contributed by atoms with van der Waals surface area (Å²) < 4.78 is 6.79. The molecule has 15 heavy (non-hydrogen) atoms. The van der Waals surface area contributed by atoms with E-state index in [1.807, 2.05) is 0 Å². The van der Waals surface area contributed by atoms with Gasteiger partial charge >= 0.3 is 0 Å². The molecule has 0 aliphatic heterocycles. The molecular weight excluding hydrogens is 194 g/mol. The number of nitrogens with zero attached hydrogens (tertiary/aromatic N) is 1. The Balaban J connectivity index is 2.71. The Morgan fingerprint density at radius 1 is 1.53 bits per heavy atom. The van der Waals surface area contributed by atoms with Gasteiger partial charge < -0.3 is 14.4 Å². The molecule has 0 saturated carbocycles. The number of hydrogen-bond donors (Lipinski definition) is 1. The van der Waals surface area contributed by atoms with Gasteiger partial charge in [-0.1, -0.05) is 13.3 Å². The molecule has 0 aliphatic rings. The molecule has 1 rings (SSSR count). The lowest BCUT2D eigenvalue weighted by molar-refractivity contribution is 0.269. The molecule has 0 bridgehead atoms. The van der Waals surface area contributed by atoms with E-state index in [0.29, 0.717) is 18.9 Å². The van der Waals surface area contributed by atoms with Gasteiger partial charge in [0.25, 0.3) is 5.56 Å². The van der Waals surface area contributed by atoms with Crippen molar-refractivity contribution in [3.63, 3.8) is 0 Å². The van der Waals surface area contributed by atoms with Crippen LogP contribution in [-0.4, -0.2) is 22.9 Å². The summed E-state index contributed by atoms with van der Waals surface area (Å²) in [5, 5.41) is 8.75. The Morgan fingerprint density at radius 2 is 2.33 bits per heavy atom. The highest BCUT2D eigenvalue weighted by molar-refractivity contribution is 5.17. The monoisotopic (exact) mass is 211 g/mol. The van der Waals surface area contributed by atoms with Gasteiger partial charge in [-0.3, -0.25) is 4.79 Å². The molecule has 0 radical (unpaired) electrons. The van der Waals surface area contributed by atoms with Crippen molar-refractivity contribution in [1.29, 1.82) is 0 Å². The number of hydrogen-bond acceptors (Lipinski definition) is 3. The fraction of sp³-hybridized carbons (Fsp3) is 0.545. The van der Waals surface area contributed by atoms with Crippen LogP contribution in [0.15, 0.2) is 23.1 Å². The molecule has 4 nitrogen and oxygen atoms in total. The maximum Gasteiger partial charge on any atom is 0.292 e. The number of aliphatic hydroxyl groups is 1. The number of unbranched alkanes of at least 4 members (excludes halogenated alkanes) is 1. The lowest BCUT2D eigenvalue weighted by Crippen LogP contribution is -2.22. The van der Waals surface area contributed by atoms with E-state index in [-0.39, 0.29) is 12.2 Å². The standard InChI is InChI=1S/C11H17NO3/c1-2-3-9-15-10-5-4-6-12(7-8-13)11(10)14/h4-6,13H,2-3,7-9H2,1H3. The number of aromatic nitrogens is 1. The second-order valence-electron chi connectivity index (χ2n) is 3.30. The summed E-state index contributed by atoms with van der Waals surface area (Å²) in [6, 6.07) is 3.41. The van der Waals surface area contributed by atoms with Gasteiger partial charge in [0.2, 0.25) is 0 Å². The maximum absolute atomic E-state index is 11.7. The lowest BCUT2D eigenvalue weighted by atomic mass is 10.3. The van der Waals surface area contributed by atoms with Crippen molar-refractivity contribution in [3.05, 3.63) is 28.7 Å². The third-order valence-corrected chi connectivity index (χ3v) is 2.08. The van der Waals surface area contributed by atoms with Crippen LogP contribution in [0.1, 0.15) is 19.8 Å². The Morgan fingerprint density at radius 3 is 3.00 bits per heavy atom. The summed E-state index contributed by atoms with van der Waals surface area (Å²) in [5.74, 6) is 0.361. The van der Waals surface area contributed by atoms with Gasteiger partial charge in [-0.15, -0.1) is 0 Å². The van der Waals surface area contributed by atoms with Crippen LogP contribution >= 0.6 is 0 Å². The van der Waals surface area contributed by atoms with Crippen molar-refractivity contribution in [1.82, 2.24) is 4.57 Å². The van der Waals surface area contributed by atoms with E-state index in [1.165, 1.54) is 4.57 Å². The molecule has 0 saturated heterocycles. The van der Waals surface area contributed by atoms with Gasteiger partial charge in [-0.25, -0.2) is 0 Å². The minimum Gasteiger partial charge on any atom is -0.488 e. The summed E-state index contributed by atoms with van der Waals surface area (Å²) in [6.45, 7) is 2.90. The number of pyridine rings is 1. The minimum atomic E-state index is -0.178. The molecule has 1 heterocycles. The summed E-state index contributed by atoms with van der Waals surface area (Å²) in [5.41, 5.74) is -0.178. The Kier molecular flexibility index (Phi) is 4.90. The molecule has 0 unspecified atom stereocenters. The second kappa shape index (κ2) is 6.24. The van der Waals surface area contributed by atoms with Crippen molar-refractivity contribution in [2.75, 3.05) is 13.2 Å². The first-order valence-electron chi connectivity index (χ1n) is 5.22. The molecule has 0 amide bonds. The Labute approximate surface area is 89.1 Å². The quantitative estimate of drug-likeness (QED) is 0.715. The van der Waals surface area contributed by atoms with Gasteiger partial charge in [0.1, 0.15) is 0 Å². The zero-order valence-corrected chi connectivity index (χ0v) is 8.98. The molecule has 0 aromatic carbocycles. The fourth-order valence-corrected chi connectivity index (χ4v) is 1.23. The van der Waals surface area contributed by atoms with Crippen LogP contribution in [0, 0.1) is 0 Å². The topological polar surface area (TPSA) is 51.5 Å². The molecular formula is C11H17NO3. The van der Waals surface area contributed by atoms with Crippen molar-refractivity contribution in [2.24, 2.45) is 0 Å². The fourth-order valence-electron chi connectivity index (χ4n) is 1.23. The van der Waals surface area contributed by atoms with E-state index in [1.54, 1.807) is 18.3 Å². The van der Waals surface area contributed by atoms with Crippen LogP contribution in [-0.2, 0) is 6.54 Å². The third kappa shape index (κ3) is 3.40. The predicted molar refractivity (Wildman–Crippen MR) is 58.2 cm³/mol. The van der Waals surface area contributed by atoms with Crippen molar-refractivity contribution in [2.45, 2.75) is 26.3 Å². The van der Waals surface area contributed by atoms with E-state index < -0.39 is 0 Å². The highest BCUT2D eigenvalue weighted by atomic mass is 16.5. The largest absolute Gasteiger partial charge is 0.488 e. The van der Waals surface area contributed by atoms with Gasteiger partial charge in [-0.05, 0) is 18.6 Å². The van der Waals surface area contributed by atoms with Crippen molar-refractivity contribution >= 4 is 0 Å². The third-order valence-electron chi connectivity index (χ3n) is 2.08. The van der Waals surface area contributed by atoms with Crippen molar-refractivity contribution in [3.8, 4) is 5.75 Å². The molecule has 0 aliphatic carbocycles. The number of aliphatic hydroxyl groups excluding tert-OH is 1. The normalized spacial score (nSPS) is 10.3. The predicted octanol–water partition coefficient (Wildman–Crippen LogP) is 1.02. The Bertz CT molecular complexity index is 346. The van der Waals surface area contributed by atoms with Gasteiger partial charge in [0.05, 0.1) is 13.2 Å². The van der Waals surface area contributed by atoms with Gasteiger partial charge in [0.15, 0.2) is 5.75 Å². The SMILES string of the molecule is CCCCOc1cccn(CCO)c1=O. The second-order valence-corrected chi connectivity index (χ2v) is 3.30. The van der Waals surface area contributed by atoms with E-state index in [9.17, 15) is 4.79 Å². The smallest absolute Gasteiger partial charge is 0.292 e. The lowest BCUT2D eigenvalue weighted by Gasteiger charge is -2.07. The first kappa shape index (κ1) is 11.8. The average molecular weight is 211 g/mol. The molecule has 1 aromatic rings. The molecule has 1 aromatic heterocycles. The summed E-state index contributed by atoms with van der Waals surface area (Å²) in [4.78, 5) is 11.7. The van der Waals surface area contributed by atoms with Crippen LogP contribution in [0.5, 0.6) is 5.75 Å². The van der Waals surface area contributed by atoms with Crippen LogP contribution in [0.4, 0.5) is 0 Å². The molecule has 0 spiro atoms. The molecule has 1 N–H and O–H groups in total. The minimum absolute atomic E-state index is 0.0433. The maximum atomic E-state index is 11.7. The van der Waals surface area contributed by atoms with Crippen LogP contribution in [0.3, 0.4) is 0 Å². The van der Waals surface area contributed by atoms with E-state index in [4.69, 9.17) is 9.84 Å². The van der Waals surface area contributed by atoms with Crippen LogP contribution in [0.25, 0.3) is 0 Å². The summed E-state index contributed by atoms with van der Waals surface area (Å²) in [6.07, 6.45) is 3.62. The van der Waals surface area contributed by atoms with Crippen molar-refractivity contribution < 1.29 is 9.84 Å². The van der Waals surface area contributed by atoms with E-state index in [0.717, 1.165) is 12.8 Å². The number of ether oxygens (including phenoxy) is 1. The van der Waals surface area contributed by atoms with Gasteiger partial charge in [-0.2, -0.15) is 0 Å². The highest BCUT2D eigenvalue weighted by Crippen LogP contribution is 2.02. The van der Waals surface area contributed by atoms with Gasteiger partial charge in [0, 0.05) is 12.7 Å². The molecule has 4 heteroatoms. The summed E-state index contributed by atoms with van der Waals surface area (Å²) in [7, 11) is 0. The van der Waals surface area contributed by atoms with Crippen LogP contribution in [0.2, 0.25) is 0 Å². The zero-order valence-electron chi connectivity index (χ0n) is 8.98. The molecule has 0 fully saturated rings. The van der Waals surface area contributed by atoms with E-state index in [2.05, 4.69) is 6.92 Å². The Hall–Kier alpha value is -1.29.